The average Bonchev–Trinajstić information content (AvgIpc) is 2.44. The Kier molecular flexibility index (Phi) is 5.04. The minimum Gasteiger partial charge on any atom is -0.465 e. The van der Waals surface area contributed by atoms with Gasteiger partial charge < -0.3 is 4.74 Å². The van der Waals surface area contributed by atoms with Crippen LogP contribution in [0.2, 0.25) is 0 Å². The highest BCUT2D eigenvalue weighted by Crippen LogP contribution is 2.38. The van der Waals surface area contributed by atoms with Crippen molar-refractivity contribution in [2.24, 2.45) is 10.8 Å². The maximum atomic E-state index is 11.9. The van der Waals surface area contributed by atoms with Crippen molar-refractivity contribution in [3.63, 3.8) is 0 Å². The Bertz CT molecular complexity index is 703. The fourth-order valence-corrected chi connectivity index (χ4v) is 2.35. The van der Waals surface area contributed by atoms with Crippen LogP contribution < -0.4 is 10.6 Å². The molecule has 2 aliphatic rings. The number of allylic oxidation sites excluding steroid dienone is 7. The van der Waals surface area contributed by atoms with Crippen LogP contribution in [0.25, 0.3) is 0 Å². The van der Waals surface area contributed by atoms with Gasteiger partial charge in [-0.05, 0) is 36.0 Å². The molecule has 0 unspecified atom stereocenters. The maximum absolute atomic E-state index is 11.9. The summed E-state index contributed by atoms with van der Waals surface area (Å²) < 4.78 is 6.08. The summed E-state index contributed by atoms with van der Waals surface area (Å²) in [5.41, 5.74) is 0.553. The third-order valence-electron chi connectivity index (χ3n) is 3.68. The zero-order valence-corrected chi connectivity index (χ0v) is 16.3. The van der Waals surface area contributed by atoms with E-state index in [4.69, 9.17) is 17.0 Å². The molecule has 1 fully saturated rings. The van der Waals surface area contributed by atoms with Crippen LogP contribution in [0.4, 0.5) is 0 Å². The first-order valence-corrected chi connectivity index (χ1v) is 8.49. The van der Waals surface area contributed by atoms with Gasteiger partial charge in [0.05, 0.1) is 0 Å². The van der Waals surface area contributed by atoms with Gasteiger partial charge in [0, 0.05) is 10.8 Å². The van der Waals surface area contributed by atoms with Gasteiger partial charge in [0.1, 0.15) is 17.1 Å². The Hall–Kier alpha value is -2.21. The van der Waals surface area contributed by atoms with Gasteiger partial charge in [0.25, 0.3) is 11.8 Å². The molecule has 134 valence electrons. The highest BCUT2D eigenvalue weighted by atomic mass is 32.1. The number of carbonyl (C=O) groups is 2. The van der Waals surface area contributed by atoms with Gasteiger partial charge in [-0.1, -0.05) is 47.6 Å². The predicted octanol–water partition coefficient (Wildman–Crippen LogP) is 3.26. The zero-order valence-electron chi connectivity index (χ0n) is 15.4. The topological polar surface area (TPSA) is 67.4 Å². The summed E-state index contributed by atoms with van der Waals surface area (Å²) in [4.78, 5) is 23.8. The molecule has 2 heterocycles. The zero-order chi connectivity index (χ0) is 19.0. The van der Waals surface area contributed by atoms with E-state index in [2.05, 4.69) is 52.2 Å². The Morgan fingerprint density at radius 3 is 1.72 bits per heavy atom. The first-order valence-electron chi connectivity index (χ1n) is 8.09. The van der Waals surface area contributed by atoms with Crippen LogP contribution in [0.5, 0.6) is 0 Å². The van der Waals surface area contributed by atoms with Gasteiger partial charge in [-0.25, -0.2) is 0 Å². The van der Waals surface area contributed by atoms with Crippen molar-refractivity contribution < 1.29 is 14.3 Å². The highest BCUT2D eigenvalue weighted by molar-refractivity contribution is 7.80. The van der Waals surface area contributed by atoms with Crippen LogP contribution in [0.15, 0.2) is 47.0 Å². The molecule has 0 bridgehead atoms. The van der Waals surface area contributed by atoms with Crippen LogP contribution >= 0.6 is 12.2 Å². The summed E-state index contributed by atoms with van der Waals surface area (Å²) in [5.74, 6) is 0.669. The van der Waals surface area contributed by atoms with Crippen molar-refractivity contribution in [2.75, 3.05) is 0 Å². The lowest BCUT2D eigenvalue weighted by Crippen LogP contribution is -2.51. The van der Waals surface area contributed by atoms with Crippen molar-refractivity contribution in [3.05, 3.63) is 47.0 Å². The second-order valence-corrected chi connectivity index (χ2v) is 8.51. The number of carbonyl (C=O) groups excluding carboxylic acids is 2. The molecule has 0 saturated carbocycles. The first-order chi connectivity index (χ1) is 11.4. The first kappa shape index (κ1) is 19.1. The molecular weight excluding hydrogens is 336 g/mol. The standard InChI is InChI=1S/C19H24N2O3S/c1-18(2,3)13-9-11(10-14(24-13)19(4,5)6)7-8-12-15(22)20-17(25)21-16(12)23/h7-10H,1-6H3,(H2,20,21,22,23,25). The van der Waals surface area contributed by atoms with Gasteiger partial charge >= 0.3 is 0 Å². The van der Waals surface area contributed by atoms with E-state index in [0.29, 0.717) is 0 Å². The molecule has 6 heteroatoms. The van der Waals surface area contributed by atoms with Crippen LogP contribution in [0.1, 0.15) is 41.5 Å². The summed E-state index contributed by atoms with van der Waals surface area (Å²) in [6, 6.07) is 0. The monoisotopic (exact) mass is 360 g/mol. The Labute approximate surface area is 153 Å². The molecule has 25 heavy (non-hydrogen) atoms. The minimum absolute atomic E-state index is 0.0176. The van der Waals surface area contributed by atoms with E-state index in [1.54, 1.807) is 6.08 Å². The largest absolute Gasteiger partial charge is 0.465 e. The smallest absolute Gasteiger partial charge is 0.263 e. The highest BCUT2D eigenvalue weighted by Gasteiger charge is 2.29. The predicted molar refractivity (Wildman–Crippen MR) is 101 cm³/mol. The second-order valence-electron chi connectivity index (χ2n) is 8.10. The lowest BCUT2D eigenvalue weighted by atomic mass is 9.87. The van der Waals surface area contributed by atoms with E-state index < -0.39 is 11.8 Å². The average molecular weight is 360 g/mol. The van der Waals surface area contributed by atoms with E-state index in [1.165, 1.54) is 6.08 Å². The number of rotatable bonds is 1. The number of nitrogens with one attached hydrogen (secondary N) is 2. The molecule has 0 radical (unpaired) electrons. The van der Waals surface area contributed by atoms with Crippen molar-refractivity contribution >= 4 is 29.1 Å². The molecule has 0 aliphatic carbocycles. The van der Waals surface area contributed by atoms with Gasteiger partial charge in [0.15, 0.2) is 5.11 Å². The van der Waals surface area contributed by atoms with Crippen molar-refractivity contribution in [1.82, 2.24) is 10.6 Å². The van der Waals surface area contributed by atoms with Gasteiger partial charge in [-0.2, -0.15) is 0 Å². The fourth-order valence-electron chi connectivity index (χ4n) is 2.16. The third-order valence-corrected chi connectivity index (χ3v) is 3.88. The lowest BCUT2D eigenvalue weighted by molar-refractivity contribution is -0.123. The van der Waals surface area contributed by atoms with Crippen LogP contribution in [0.3, 0.4) is 0 Å². The summed E-state index contributed by atoms with van der Waals surface area (Å²) in [6.45, 7) is 12.4. The normalized spacial score (nSPS) is 18.7. The molecule has 0 aromatic heterocycles. The molecule has 5 nitrogen and oxygen atoms in total. The molecule has 2 amide bonds. The van der Waals surface area contributed by atoms with Crippen LogP contribution in [-0.2, 0) is 14.3 Å². The maximum Gasteiger partial charge on any atom is 0.263 e. The lowest BCUT2D eigenvalue weighted by Gasteiger charge is -2.32. The van der Waals surface area contributed by atoms with E-state index in [0.717, 1.165) is 17.1 Å². The van der Waals surface area contributed by atoms with Crippen molar-refractivity contribution in [1.29, 1.82) is 0 Å². The van der Waals surface area contributed by atoms with E-state index in [-0.39, 0.29) is 21.5 Å². The SMILES string of the molecule is CC(C)(C)C1=CC(=CC=C2C(=O)NC(=S)NC2=O)C=C(C(C)(C)C)O1. The number of thiocarbonyl (C=S) groups is 1. The Morgan fingerprint density at radius 2 is 1.32 bits per heavy atom. The van der Waals surface area contributed by atoms with Crippen LogP contribution in [0, 0.1) is 10.8 Å². The number of hydrogen-bond acceptors (Lipinski definition) is 4. The molecule has 0 spiro atoms. The number of hydrogen-bond donors (Lipinski definition) is 2. The minimum atomic E-state index is -0.502. The molecule has 0 aromatic carbocycles. The van der Waals surface area contributed by atoms with Gasteiger partial charge in [-0.15, -0.1) is 0 Å². The fraction of sp³-hybridized carbons (Fsp3) is 0.421. The van der Waals surface area contributed by atoms with E-state index in [9.17, 15) is 9.59 Å². The van der Waals surface area contributed by atoms with Gasteiger partial charge in [0.2, 0.25) is 0 Å². The number of ether oxygens (including phenoxy) is 1. The molecule has 2 rings (SSSR count). The summed E-state index contributed by atoms with van der Waals surface area (Å²) >= 11 is 4.79. The molecule has 2 N–H and O–H groups in total. The summed E-state index contributed by atoms with van der Waals surface area (Å²) in [7, 11) is 0. The number of amides is 2. The van der Waals surface area contributed by atoms with Gasteiger partial charge in [-0.3, -0.25) is 20.2 Å². The van der Waals surface area contributed by atoms with Crippen molar-refractivity contribution in [2.45, 2.75) is 41.5 Å². The third kappa shape index (κ3) is 4.66. The van der Waals surface area contributed by atoms with Crippen LogP contribution in [-0.4, -0.2) is 16.9 Å². The Morgan fingerprint density at radius 1 is 0.880 bits per heavy atom. The summed E-state index contributed by atoms with van der Waals surface area (Å²) in [5, 5.41) is 4.87. The Balaban J connectivity index is 2.43. The van der Waals surface area contributed by atoms with E-state index in [1.807, 2.05) is 12.2 Å². The molecule has 0 aromatic rings. The van der Waals surface area contributed by atoms with Crippen molar-refractivity contribution in [3.8, 4) is 0 Å². The molecule has 0 atom stereocenters. The molecular formula is C19H24N2O3S. The quantitative estimate of drug-likeness (QED) is 0.428. The molecule has 1 saturated heterocycles. The van der Waals surface area contributed by atoms with E-state index >= 15 is 0 Å². The second kappa shape index (κ2) is 6.59. The molecule has 2 aliphatic heterocycles. The summed E-state index contributed by atoms with van der Waals surface area (Å²) in [6.07, 6.45) is 7.09.